The zero-order chi connectivity index (χ0) is 19.5. The van der Waals surface area contributed by atoms with Crippen molar-refractivity contribution in [3.8, 4) is 0 Å². The van der Waals surface area contributed by atoms with Gasteiger partial charge in [0.25, 0.3) is 5.91 Å². The van der Waals surface area contributed by atoms with E-state index in [4.69, 9.17) is 0 Å². The van der Waals surface area contributed by atoms with E-state index in [2.05, 4.69) is 60.5 Å². The molecule has 3 aromatic rings. The first kappa shape index (κ1) is 18.5. The van der Waals surface area contributed by atoms with Gasteiger partial charge in [0, 0.05) is 16.8 Å². The molecule has 0 aliphatic carbocycles. The molecule has 4 rings (SSSR count). The summed E-state index contributed by atoms with van der Waals surface area (Å²) in [4.78, 5) is 16.4. The number of amides is 1. The van der Waals surface area contributed by atoms with Crippen molar-refractivity contribution < 1.29 is 9.69 Å². The molecular formula is C24H28N3O+. The van der Waals surface area contributed by atoms with Crippen LogP contribution in [0.3, 0.4) is 0 Å². The summed E-state index contributed by atoms with van der Waals surface area (Å²) in [5, 5.41) is 5.36. The van der Waals surface area contributed by atoms with Gasteiger partial charge in [0.2, 0.25) is 0 Å². The van der Waals surface area contributed by atoms with Crippen LogP contribution in [0.1, 0.15) is 11.1 Å². The number of aryl methyl sites for hydroxylation is 1. The Bertz CT molecular complexity index is 985. The average Bonchev–Trinajstić information content (AvgIpc) is 2.71. The monoisotopic (exact) mass is 374 g/mol. The predicted molar refractivity (Wildman–Crippen MR) is 116 cm³/mol. The Balaban J connectivity index is 1.36. The zero-order valence-corrected chi connectivity index (χ0v) is 16.7. The van der Waals surface area contributed by atoms with Crippen molar-refractivity contribution in [3.63, 3.8) is 0 Å². The fraction of sp³-hybridized carbons (Fsp3) is 0.292. The second kappa shape index (κ2) is 8.03. The molecule has 0 spiro atoms. The summed E-state index contributed by atoms with van der Waals surface area (Å²) in [6.07, 6.45) is 0. The normalized spacial score (nSPS) is 15.0. The van der Waals surface area contributed by atoms with Crippen LogP contribution < -0.4 is 15.1 Å². The number of rotatable bonds is 4. The molecule has 1 fully saturated rings. The van der Waals surface area contributed by atoms with Gasteiger partial charge in [-0.1, -0.05) is 48.5 Å². The molecule has 0 aromatic heterocycles. The Kier molecular flexibility index (Phi) is 5.31. The molecule has 2 N–H and O–H groups in total. The third-order valence-corrected chi connectivity index (χ3v) is 5.86. The Morgan fingerprint density at radius 3 is 2.50 bits per heavy atom. The summed E-state index contributed by atoms with van der Waals surface area (Å²) in [7, 11) is 0. The highest BCUT2D eigenvalue weighted by atomic mass is 16.2. The number of carbonyl (C=O) groups excluding carboxylic acids is 1. The third-order valence-electron chi connectivity index (χ3n) is 5.86. The highest BCUT2D eigenvalue weighted by molar-refractivity contribution is 6.02. The lowest BCUT2D eigenvalue weighted by Crippen LogP contribution is -3.15. The molecule has 1 aliphatic heterocycles. The van der Waals surface area contributed by atoms with E-state index in [-0.39, 0.29) is 5.91 Å². The molecule has 1 heterocycles. The molecule has 0 saturated carbocycles. The average molecular weight is 375 g/mol. The van der Waals surface area contributed by atoms with Crippen molar-refractivity contribution in [2.24, 2.45) is 0 Å². The number of piperazine rings is 1. The van der Waals surface area contributed by atoms with Gasteiger partial charge in [0.15, 0.2) is 6.54 Å². The summed E-state index contributed by atoms with van der Waals surface area (Å²) in [5.74, 6) is 0.0894. The SMILES string of the molecule is Cc1cccc(N2CC[NH+](CC(=O)Nc3cccc4ccccc34)CC2)c1C. The topological polar surface area (TPSA) is 36.8 Å². The third kappa shape index (κ3) is 3.87. The van der Waals surface area contributed by atoms with Gasteiger partial charge in [-0.05, 0) is 42.5 Å². The van der Waals surface area contributed by atoms with Crippen LogP contribution in [0.2, 0.25) is 0 Å². The van der Waals surface area contributed by atoms with Crippen molar-refractivity contribution in [2.45, 2.75) is 13.8 Å². The Labute approximate surface area is 166 Å². The van der Waals surface area contributed by atoms with Gasteiger partial charge in [-0.25, -0.2) is 0 Å². The van der Waals surface area contributed by atoms with Crippen LogP contribution in [0.15, 0.2) is 60.7 Å². The highest BCUT2D eigenvalue weighted by Crippen LogP contribution is 2.23. The number of benzene rings is 3. The van der Waals surface area contributed by atoms with Crippen molar-refractivity contribution in [3.05, 3.63) is 71.8 Å². The lowest BCUT2D eigenvalue weighted by atomic mass is 10.1. The fourth-order valence-electron chi connectivity index (χ4n) is 4.07. The first-order valence-corrected chi connectivity index (χ1v) is 10.0. The molecule has 4 heteroatoms. The minimum atomic E-state index is 0.0894. The second-order valence-electron chi connectivity index (χ2n) is 7.71. The summed E-state index contributed by atoms with van der Waals surface area (Å²) in [6.45, 7) is 8.82. The van der Waals surface area contributed by atoms with Gasteiger partial charge in [0.05, 0.1) is 26.2 Å². The molecule has 1 aliphatic rings. The molecule has 0 bridgehead atoms. The van der Waals surface area contributed by atoms with Gasteiger partial charge in [-0.15, -0.1) is 0 Å². The molecule has 0 unspecified atom stereocenters. The first-order chi connectivity index (χ1) is 13.6. The first-order valence-electron chi connectivity index (χ1n) is 10.0. The number of nitrogens with one attached hydrogen (secondary N) is 2. The minimum absolute atomic E-state index is 0.0894. The van der Waals surface area contributed by atoms with Gasteiger partial charge in [-0.2, -0.15) is 0 Å². The lowest BCUT2D eigenvalue weighted by Gasteiger charge is -2.34. The predicted octanol–water partition coefficient (Wildman–Crippen LogP) is 2.80. The maximum absolute atomic E-state index is 12.6. The molecule has 0 radical (unpaired) electrons. The van der Waals surface area contributed by atoms with Gasteiger partial charge < -0.3 is 15.1 Å². The molecule has 1 amide bonds. The Morgan fingerprint density at radius 1 is 0.964 bits per heavy atom. The van der Waals surface area contributed by atoms with Crippen molar-refractivity contribution in [1.82, 2.24) is 0 Å². The van der Waals surface area contributed by atoms with E-state index in [1.54, 1.807) is 0 Å². The number of hydrogen-bond donors (Lipinski definition) is 2. The van der Waals surface area contributed by atoms with Crippen LogP contribution >= 0.6 is 0 Å². The Hall–Kier alpha value is -2.85. The van der Waals surface area contributed by atoms with Crippen LogP contribution in [-0.2, 0) is 4.79 Å². The van der Waals surface area contributed by atoms with Gasteiger partial charge in [-0.3, -0.25) is 4.79 Å². The maximum atomic E-state index is 12.6. The molecule has 1 saturated heterocycles. The molecule has 3 aromatic carbocycles. The Morgan fingerprint density at radius 2 is 1.68 bits per heavy atom. The van der Waals surface area contributed by atoms with Gasteiger partial charge in [0.1, 0.15) is 0 Å². The van der Waals surface area contributed by atoms with Crippen LogP contribution in [0.5, 0.6) is 0 Å². The second-order valence-corrected chi connectivity index (χ2v) is 7.71. The van der Waals surface area contributed by atoms with E-state index in [9.17, 15) is 4.79 Å². The zero-order valence-electron chi connectivity index (χ0n) is 16.7. The maximum Gasteiger partial charge on any atom is 0.279 e. The van der Waals surface area contributed by atoms with Crippen LogP contribution in [0, 0.1) is 13.8 Å². The number of hydrogen-bond acceptors (Lipinski definition) is 2. The van der Waals surface area contributed by atoms with Crippen molar-refractivity contribution in [2.75, 3.05) is 42.9 Å². The fourth-order valence-corrected chi connectivity index (χ4v) is 4.07. The van der Waals surface area contributed by atoms with Gasteiger partial charge >= 0.3 is 0 Å². The van der Waals surface area contributed by atoms with E-state index in [1.165, 1.54) is 21.7 Å². The van der Waals surface area contributed by atoms with E-state index in [0.717, 1.165) is 42.6 Å². The number of carbonyl (C=O) groups is 1. The van der Waals surface area contributed by atoms with E-state index >= 15 is 0 Å². The van der Waals surface area contributed by atoms with Crippen molar-refractivity contribution in [1.29, 1.82) is 0 Å². The number of nitrogens with zero attached hydrogens (tertiary/aromatic N) is 1. The summed E-state index contributed by atoms with van der Waals surface area (Å²) < 4.78 is 0. The molecule has 0 atom stereocenters. The summed E-state index contributed by atoms with van der Waals surface area (Å²) in [5.41, 5.74) is 4.93. The molecular weight excluding hydrogens is 346 g/mol. The molecule has 144 valence electrons. The van der Waals surface area contributed by atoms with Crippen LogP contribution in [-0.4, -0.2) is 38.6 Å². The van der Waals surface area contributed by atoms with E-state index < -0.39 is 0 Å². The summed E-state index contributed by atoms with van der Waals surface area (Å²) in [6, 6.07) is 20.7. The lowest BCUT2D eigenvalue weighted by molar-refractivity contribution is -0.892. The molecule has 28 heavy (non-hydrogen) atoms. The smallest absolute Gasteiger partial charge is 0.279 e. The quantitative estimate of drug-likeness (QED) is 0.737. The number of fused-ring (bicyclic) bond motifs is 1. The number of quaternary nitrogens is 1. The highest BCUT2D eigenvalue weighted by Gasteiger charge is 2.23. The summed E-state index contributed by atoms with van der Waals surface area (Å²) >= 11 is 0. The van der Waals surface area contributed by atoms with E-state index in [0.29, 0.717) is 6.54 Å². The number of anilines is 2. The van der Waals surface area contributed by atoms with Crippen molar-refractivity contribution >= 4 is 28.1 Å². The van der Waals surface area contributed by atoms with Crippen LogP contribution in [0.25, 0.3) is 10.8 Å². The van der Waals surface area contributed by atoms with Crippen LogP contribution in [0.4, 0.5) is 11.4 Å². The van der Waals surface area contributed by atoms with E-state index in [1.807, 2.05) is 24.3 Å². The standard InChI is InChI=1S/C24H27N3O/c1-18-7-5-12-23(19(18)2)27-15-13-26(14-16-27)17-24(28)25-22-11-6-9-20-8-3-4-10-21(20)22/h3-12H,13-17H2,1-2H3,(H,25,28)/p+1. The molecule has 4 nitrogen and oxygen atoms in total. The largest absolute Gasteiger partial charge is 0.360 e. The minimum Gasteiger partial charge on any atom is -0.360 e.